The van der Waals surface area contributed by atoms with Gasteiger partial charge >= 0.3 is 0 Å². The summed E-state index contributed by atoms with van der Waals surface area (Å²) in [5, 5.41) is 3.17. The highest BCUT2D eigenvalue weighted by atomic mass is 35.5. The van der Waals surface area contributed by atoms with E-state index in [0.717, 1.165) is 13.1 Å². The highest BCUT2D eigenvalue weighted by Crippen LogP contribution is 2.17. The van der Waals surface area contributed by atoms with Crippen molar-refractivity contribution < 1.29 is 13.9 Å². The number of halogens is 3. The molecule has 1 saturated heterocycles. The fraction of sp³-hybridized carbons (Fsp3) is 0.462. The fourth-order valence-electron chi connectivity index (χ4n) is 1.92. The van der Waals surface area contributed by atoms with Crippen molar-refractivity contribution >= 4 is 30.7 Å². The first-order valence-electron chi connectivity index (χ1n) is 6.09. The molecule has 4 nitrogen and oxygen atoms in total. The Hall–Kier alpha value is -1.04. The van der Waals surface area contributed by atoms with Crippen molar-refractivity contribution in [3.63, 3.8) is 0 Å². The van der Waals surface area contributed by atoms with E-state index in [1.807, 2.05) is 0 Å². The molecule has 7 heteroatoms. The number of carbonyl (C=O) groups is 1. The van der Waals surface area contributed by atoms with Crippen LogP contribution in [0.15, 0.2) is 24.3 Å². The second-order valence-corrected chi connectivity index (χ2v) is 4.27. The zero-order chi connectivity index (χ0) is 13.0. The van der Waals surface area contributed by atoms with Gasteiger partial charge in [-0.2, -0.15) is 0 Å². The summed E-state index contributed by atoms with van der Waals surface area (Å²) in [5.41, 5.74) is 0. The first-order chi connectivity index (χ1) is 8.68. The number of ether oxygens (including phenoxy) is 1. The van der Waals surface area contributed by atoms with Gasteiger partial charge in [-0.05, 0) is 19.1 Å². The third-order valence-corrected chi connectivity index (χ3v) is 2.92. The maximum Gasteiger partial charge on any atom is 0.263 e. The highest BCUT2D eigenvalue weighted by Gasteiger charge is 2.23. The predicted molar refractivity (Wildman–Crippen MR) is 80.4 cm³/mol. The molecule has 0 aromatic heterocycles. The number of rotatable bonds is 3. The van der Waals surface area contributed by atoms with E-state index in [1.54, 1.807) is 24.0 Å². The lowest BCUT2D eigenvalue weighted by molar-refractivity contribution is -0.138. The van der Waals surface area contributed by atoms with Crippen LogP contribution in [0.5, 0.6) is 5.75 Å². The summed E-state index contributed by atoms with van der Waals surface area (Å²) in [4.78, 5) is 13.8. The van der Waals surface area contributed by atoms with Gasteiger partial charge < -0.3 is 15.0 Å². The first-order valence-corrected chi connectivity index (χ1v) is 6.09. The molecular formula is C13H19Cl2FN2O2. The average molecular weight is 325 g/mol. The molecular weight excluding hydrogens is 306 g/mol. The van der Waals surface area contributed by atoms with Gasteiger partial charge in [0, 0.05) is 26.2 Å². The smallest absolute Gasteiger partial charge is 0.263 e. The molecule has 0 radical (unpaired) electrons. The highest BCUT2D eigenvalue weighted by molar-refractivity contribution is 5.85. The van der Waals surface area contributed by atoms with Gasteiger partial charge in [0.05, 0.1) is 0 Å². The molecule has 1 amide bonds. The Balaban J connectivity index is 0.00000180. The van der Waals surface area contributed by atoms with Gasteiger partial charge in [0.15, 0.2) is 17.7 Å². The second kappa shape index (κ2) is 9.00. The number of piperazine rings is 1. The molecule has 1 aliphatic heterocycles. The van der Waals surface area contributed by atoms with Crippen molar-refractivity contribution in [2.45, 2.75) is 13.0 Å². The number of hydrogen-bond donors (Lipinski definition) is 1. The second-order valence-electron chi connectivity index (χ2n) is 4.27. The summed E-state index contributed by atoms with van der Waals surface area (Å²) in [6, 6.07) is 6.11. The molecule has 1 fully saturated rings. The van der Waals surface area contributed by atoms with Crippen LogP contribution in [0, 0.1) is 5.82 Å². The van der Waals surface area contributed by atoms with E-state index >= 15 is 0 Å². The monoisotopic (exact) mass is 324 g/mol. The first kappa shape index (κ1) is 19.0. The van der Waals surface area contributed by atoms with Crippen LogP contribution >= 0.6 is 24.8 Å². The zero-order valence-electron chi connectivity index (χ0n) is 11.2. The quantitative estimate of drug-likeness (QED) is 0.922. The third-order valence-electron chi connectivity index (χ3n) is 2.92. The Morgan fingerprint density at radius 2 is 1.90 bits per heavy atom. The zero-order valence-corrected chi connectivity index (χ0v) is 12.8. The van der Waals surface area contributed by atoms with E-state index in [1.165, 1.54) is 12.1 Å². The number of hydrogen-bond acceptors (Lipinski definition) is 3. The lowest BCUT2D eigenvalue weighted by Crippen LogP contribution is -2.50. The Kier molecular flexibility index (Phi) is 8.53. The standard InChI is InChI=1S/C13H17FN2O2.2ClH/c1-10(13(17)16-8-6-15-7-9-16)18-12-5-3-2-4-11(12)14;;/h2-5,10,15H,6-9H2,1H3;2*1H. The Morgan fingerprint density at radius 1 is 1.30 bits per heavy atom. The molecule has 1 N–H and O–H groups in total. The lowest BCUT2D eigenvalue weighted by Gasteiger charge is -2.29. The van der Waals surface area contributed by atoms with Gasteiger partial charge in [-0.3, -0.25) is 4.79 Å². The summed E-state index contributed by atoms with van der Waals surface area (Å²) in [5.74, 6) is -0.425. The Morgan fingerprint density at radius 3 is 2.50 bits per heavy atom. The molecule has 1 atom stereocenters. The molecule has 0 bridgehead atoms. The fourth-order valence-corrected chi connectivity index (χ4v) is 1.92. The molecule has 0 spiro atoms. The molecule has 1 aromatic rings. The largest absolute Gasteiger partial charge is 0.478 e. The van der Waals surface area contributed by atoms with Gasteiger partial charge in [0.25, 0.3) is 5.91 Å². The molecule has 20 heavy (non-hydrogen) atoms. The van der Waals surface area contributed by atoms with Gasteiger partial charge in [-0.1, -0.05) is 12.1 Å². The predicted octanol–water partition coefficient (Wildman–Crippen LogP) is 1.87. The summed E-state index contributed by atoms with van der Waals surface area (Å²) < 4.78 is 18.8. The van der Waals surface area contributed by atoms with Gasteiger partial charge in [-0.25, -0.2) is 4.39 Å². The SMILES string of the molecule is CC(Oc1ccccc1F)C(=O)N1CCNCC1.Cl.Cl. The van der Waals surface area contributed by atoms with Crippen LogP contribution in [0.3, 0.4) is 0 Å². The van der Waals surface area contributed by atoms with Crippen LogP contribution in [0.2, 0.25) is 0 Å². The number of benzene rings is 1. The van der Waals surface area contributed by atoms with Crippen molar-refractivity contribution in [3.8, 4) is 5.75 Å². The number of carbonyl (C=O) groups excluding carboxylic acids is 1. The van der Waals surface area contributed by atoms with Crippen molar-refractivity contribution in [2.75, 3.05) is 26.2 Å². The van der Waals surface area contributed by atoms with Gasteiger partial charge in [-0.15, -0.1) is 24.8 Å². The number of nitrogens with one attached hydrogen (secondary N) is 1. The molecule has 1 aromatic carbocycles. The molecule has 0 aliphatic carbocycles. The van der Waals surface area contributed by atoms with Crippen LogP contribution in [-0.4, -0.2) is 43.1 Å². The van der Waals surface area contributed by atoms with E-state index in [0.29, 0.717) is 13.1 Å². The number of para-hydroxylation sites is 1. The molecule has 1 unspecified atom stereocenters. The van der Waals surface area contributed by atoms with Gasteiger partial charge in [0.2, 0.25) is 0 Å². The summed E-state index contributed by atoms with van der Waals surface area (Å²) in [6.07, 6.45) is -0.667. The summed E-state index contributed by atoms with van der Waals surface area (Å²) >= 11 is 0. The Labute approximate surface area is 130 Å². The van der Waals surface area contributed by atoms with Crippen LogP contribution in [0.25, 0.3) is 0 Å². The normalized spacial score (nSPS) is 15.6. The summed E-state index contributed by atoms with van der Waals surface area (Å²) in [7, 11) is 0. The minimum atomic E-state index is -0.667. The topological polar surface area (TPSA) is 41.6 Å². The van der Waals surface area contributed by atoms with Crippen LogP contribution in [0.1, 0.15) is 6.92 Å². The van der Waals surface area contributed by atoms with Crippen LogP contribution in [-0.2, 0) is 4.79 Å². The minimum Gasteiger partial charge on any atom is -0.478 e. The number of nitrogens with zero attached hydrogens (tertiary/aromatic N) is 1. The molecule has 0 saturated carbocycles. The van der Waals surface area contributed by atoms with Crippen LogP contribution < -0.4 is 10.1 Å². The van der Waals surface area contributed by atoms with Crippen molar-refractivity contribution in [1.29, 1.82) is 0 Å². The number of amides is 1. The lowest BCUT2D eigenvalue weighted by atomic mass is 10.2. The van der Waals surface area contributed by atoms with E-state index < -0.39 is 11.9 Å². The maximum atomic E-state index is 13.4. The van der Waals surface area contributed by atoms with Crippen LogP contribution in [0.4, 0.5) is 4.39 Å². The third kappa shape index (κ3) is 4.81. The molecule has 114 valence electrons. The van der Waals surface area contributed by atoms with E-state index in [4.69, 9.17) is 4.74 Å². The van der Waals surface area contributed by atoms with E-state index in [2.05, 4.69) is 5.32 Å². The van der Waals surface area contributed by atoms with E-state index in [-0.39, 0.29) is 36.5 Å². The summed E-state index contributed by atoms with van der Waals surface area (Å²) in [6.45, 7) is 4.57. The van der Waals surface area contributed by atoms with Crippen molar-refractivity contribution in [3.05, 3.63) is 30.1 Å². The van der Waals surface area contributed by atoms with Crippen molar-refractivity contribution in [2.24, 2.45) is 0 Å². The van der Waals surface area contributed by atoms with Gasteiger partial charge in [0.1, 0.15) is 0 Å². The average Bonchev–Trinajstić information content (AvgIpc) is 2.41. The van der Waals surface area contributed by atoms with E-state index in [9.17, 15) is 9.18 Å². The Bertz CT molecular complexity index is 429. The van der Waals surface area contributed by atoms with Crippen molar-refractivity contribution in [1.82, 2.24) is 10.2 Å². The minimum absolute atomic E-state index is 0. The molecule has 2 rings (SSSR count). The molecule has 1 heterocycles. The molecule has 1 aliphatic rings. The maximum absolute atomic E-state index is 13.4.